The van der Waals surface area contributed by atoms with Gasteiger partial charge in [0.15, 0.2) is 5.65 Å². The Morgan fingerprint density at radius 3 is 2.45 bits per heavy atom. The predicted octanol–water partition coefficient (Wildman–Crippen LogP) is 6.72. The van der Waals surface area contributed by atoms with Crippen LogP contribution in [0.2, 0.25) is 0 Å². The topological polar surface area (TPSA) is 52.0 Å². The highest BCUT2D eigenvalue weighted by atomic mass is 16.5. The van der Waals surface area contributed by atoms with Crippen LogP contribution in [0.25, 0.3) is 27.8 Å². The molecular weight excluding hydrogens is 408 g/mol. The molecule has 5 heteroatoms. The van der Waals surface area contributed by atoms with Crippen molar-refractivity contribution in [2.75, 3.05) is 12.4 Å². The van der Waals surface area contributed by atoms with E-state index in [1.807, 2.05) is 18.2 Å². The van der Waals surface area contributed by atoms with Crippen molar-refractivity contribution in [3.63, 3.8) is 0 Å². The number of nitrogens with zero attached hydrogens (tertiary/aromatic N) is 3. The zero-order valence-electron chi connectivity index (χ0n) is 19.9. The molecule has 0 aliphatic heterocycles. The van der Waals surface area contributed by atoms with Crippen LogP contribution in [0.5, 0.6) is 5.75 Å². The summed E-state index contributed by atoms with van der Waals surface area (Å²) in [6.45, 7) is 7.12. The van der Waals surface area contributed by atoms with Gasteiger partial charge in [-0.2, -0.15) is 0 Å². The first-order chi connectivity index (χ1) is 15.9. The molecule has 4 aromatic rings. The van der Waals surface area contributed by atoms with Crippen molar-refractivity contribution in [3.05, 3.63) is 67.1 Å². The molecule has 170 valence electrons. The van der Waals surface area contributed by atoms with E-state index < -0.39 is 0 Å². The Morgan fingerprint density at radius 2 is 1.76 bits per heavy atom. The monoisotopic (exact) mass is 440 g/mol. The van der Waals surface area contributed by atoms with Gasteiger partial charge in [0, 0.05) is 23.5 Å². The molecule has 1 aliphatic carbocycles. The van der Waals surface area contributed by atoms with Gasteiger partial charge in [-0.1, -0.05) is 51.1 Å². The fourth-order valence-corrected chi connectivity index (χ4v) is 5.60. The number of fused-ring (bicyclic) bond motifs is 1. The molecule has 0 radical (unpaired) electrons. The molecule has 0 bridgehead atoms. The van der Waals surface area contributed by atoms with Crippen LogP contribution in [0, 0.1) is 11.3 Å². The Labute approximate surface area is 195 Å². The lowest BCUT2D eigenvalue weighted by Crippen LogP contribution is -2.35. The summed E-state index contributed by atoms with van der Waals surface area (Å²) in [7, 11) is 1.69. The van der Waals surface area contributed by atoms with Crippen molar-refractivity contribution in [2.24, 2.45) is 11.3 Å². The second kappa shape index (κ2) is 8.54. The van der Waals surface area contributed by atoms with E-state index in [9.17, 15) is 0 Å². The Morgan fingerprint density at radius 1 is 1.00 bits per heavy atom. The van der Waals surface area contributed by atoms with Gasteiger partial charge in [-0.15, -0.1) is 0 Å². The molecule has 5 nitrogen and oxygen atoms in total. The SMILES string of the molecule is COc1ccc(-n2cc(-c3ccccc3)c3c(N[C@H]4C[C@H](C)CC(C)(C)C4)ncnc32)cc1. The summed E-state index contributed by atoms with van der Waals surface area (Å²) in [6, 6.07) is 19.0. The van der Waals surface area contributed by atoms with Crippen LogP contribution in [0.1, 0.15) is 40.0 Å². The number of aromatic nitrogens is 3. The molecule has 2 aromatic carbocycles. The Bertz CT molecular complexity index is 1240. The molecule has 1 N–H and O–H groups in total. The lowest BCUT2D eigenvalue weighted by Gasteiger charge is -2.39. The third kappa shape index (κ3) is 4.32. The van der Waals surface area contributed by atoms with Crippen LogP contribution >= 0.6 is 0 Å². The number of ether oxygens (including phenoxy) is 1. The highest BCUT2D eigenvalue weighted by molar-refractivity contribution is 6.02. The van der Waals surface area contributed by atoms with Gasteiger partial charge in [0.05, 0.1) is 12.5 Å². The molecule has 2 aromatic heterocycles. The number of benzene rings is 2. The van der Waals surface area contributed by atoms with Crippen molar-refractivity contribution in [3.8, 4) is 22.6 Å². The molecule has 1 saturated carbocycles. The van der Waals surface area contributed by atoms with E-state index in [0.29, 0.717) is 17.4 Å². The number of anilines is 1. The van der Waals surface area contributed by atoms with Crippen LogP contribution in [0.15, 0.2) is 67.1 Å². The smallest absolute Gasteiger partial charge is 0.150 e. The lowest BCUT2D eigenvalue weighted by atomic mass is 9.70. The first kappa shape index (κ1) is 21.5. The van der Waals surface area contributed by atoms with E-state index in [0.717, 1.165) is 52.3 Å². The number of rotatable bonds is 5. The first-order valence-electron chi connectivity index (χ1n) is 11.8. The quantitative estimate of drug-likeness (QED) is 0.374. The summed E-state index contributed by atoms with van der Waals surface area (Å²) in [4.78, 5) is 9.46. The van der Waals surface area contributed by atoms with Gasteiger partial charge in [0.1, 0.15) is 17.9 Å². The minimum atomic E-state index is 0.332. The molecule has 0 unspecified atom stereocenters. The maximum absolute atomic E-state index is 5.35. The lowest BCUT2D eigenvalue weighted by molar-refractivity contribution is 0.178. The largest absolute Gasteiger partial charge is 0.497 e. The summed E-state index contributed by atoms with van der Waals surface area (Å²) in [6.07, 6.45) is 7.43. The fourth-order valence-electron chi connectivity index (χ4n) is 5.60. The predicted molar refractivity (Wildman–Crippen MR) is 135 cm³/mol. The van der Waals surface area contributed by atoms with Crippen LogP contribution in [-0.4, -0.2) is 27.7 Å². The molecule has 2 heterocycles. The zero-order chi connectivity index (χ0) is 23.0. The van der Waals surface area contributed by atoms with Crippen molar-refractivity contribution < 1.29 is 4.74 Å². The molecule has 0 amide bonds. The standard InChI is InChI=1S/C28H32N4O/c1-19-14-21(16-28(2,3)15-19)31-26-25-24(20-8-6-5-7-9-20)17-32(27(25)30-18-29-26)22-10-12-23(33-4)13-11-22/h5-13,17-19,21H,14-16H2,1-4H3,(H,29,30,31)/t19-,21-/m0/s1. The number of hydrogen-bond acceptors (Lipinski definition) is 4. The van der Waals surface area contributed by atoms with Gasteiger partial charge in [-0.3, -0.25) is 0 Å². The van der Waals surface area contributed by atoms with Gasteiger partial charge in [0.2, 0.25) is 0 Å². The zero-order valence-corrected chi connectivity index (χ0v) is 19.9. The maximum Gasteiger partial charge on any atom is 0.150 e. The average molecular weight is 441 g/mol. The van der Waals surface area contributed by atoms with Crippen LogP contribution in [0.4, 0.5) is 5.82 Å². The maximum atomic E-state index is 5.35. The van der Waals surface area contributed by atoms with Crippen LogP contribution in [-0.2, 0) is 0 Å². The van der Waals surface area contributed by atoms with E-state index in [1.54, 1.807) is 13.4 Å². The fraction of sp³-hybridized carbons (Fsp3) is 0.357. The van der Waals surface area contributed by atoms with E-state index in [4.69, 9.17) is 14.7 Å². The second-order valence-corrected chi connectivity index (χ2v) is 10.2. The van der Waals surface area contributed by atoms with Crippen LogP contribution in [0.3, 0.4) is 0 Å². The van der Waals surface area contributed by atoms with E-state index in [-0.39, 0.29) is 0 Å². The Kier molecular flexibility index (Phi) is 5.57. The molecular formula is C28H32N4O. The minimum Gasteiger partial charge on any atom is -0.497 e. The third-order valence-electron chi connectivity index (χ3n) is 6.75. The molecule has 0 spiro atoms. The summed E-state index contributed by atoms with van der Waals surface area (Å²) < 4.78 is 7.50. The van der Waals surface area contributed by atoms with E-state index in [2.05, 4.69) is 73.3 Å². The average Bonchev–Trinajstić information content (AvgIpc) is 3.19. The van der Waals surface area contributed by atoms with Gasteiger partial charge in [0.25, 0.3) is 0 Å². The van der Waals surface area contributed by atoms with E-state index >= 15 is 0 Å². The minimum absolute atomic E-state index is 0.332. The van der Waals surface area contributed by atoms with E-state index in [1.165, 1.54) is 6.42 Å². The van der Waals surface area contributed by atoms with Gasteiger partial charge in [-0.05, 0) is 60.4 Å². The summed E-state index contributed by atoms with van der Waals surface area (Å²) >= 11 is 0. The summed E-state index contributed by atoms with van der Waals surface area (Å²) in [5, 5.41) is 4.88. The molecule has 2 atom stereocenters. The highest BCUT2D eigenvalue weighted by Crippen LogP contribution is 2.41. The highest BCUT2D eigenvalue weighted by Gasteiger charge is 2.32. The normalized spacial score (nSPS) is 20.0. The molecule has 5 rings (SSSR count). The second-order valence-electron chi connectivity index (χ2n) is 10.2. The van der Waals surface area contributed by atoms with Gasteiger partial charge in [-0.25, -0.2) is 9.97 Å². The molecule has 0 saturated heterocycles. The van der Waals surface area contributed by atoms with Crippen LogP contribution < -0.4 is 10.1 Å². The Hall–Kier alpha value is -3.34. The van der Waals surface area contributed by atoms with Crippen molar-refractivity contribution >= 4 is 16.9 Å². The first-order valence-corrected chi connectivity index (χ1v) is 11.8. The Balaban J connectivity index is 1.64. The summed E-state index contributed by atoms with van der Waals surface area (Å²) in [5.41, 5.74) is 4.57. The van der Waals surface area contributed by atoms with Crippen molar-refractivity contribution in [1.29, 1.82) is 0 Å². The molecule has 33 heavy (non-hydrogen) atoms. The van der Waals surface area contributed by atoms with Gasteiger partial charge >= 0.3 is 0 Å². The molecule has 1 aliphatic rings. The molecule has 1 fully saturated rings. The third-order valence-corrected chi connectivity index (χ3v) is 6.75. The number of nitrogens with one attached hydrogen (secondary N) is 1. The number of methoxy groups -OCH3 is 1. The summed E-state index contributed by atoms with van der Waals surface area (Å²) in [5.74, 6) is 2.45. The van der Waals surface area contributed by atoms with Crippen molar-refractivity contribution in [2.45, 2.75) is 46.1 Å². The number of hydrogen-bond donors (Lipinski definition) is 1. The van der Waals surface area contributed by atoms with Crippen molar-refractivity contribution in [1.82, 2.24) is 14.5 Å². The van der Waals surface area contributed by atoms with Gasteiger partial charge < -0.3 is 14.6 Å².